The van der Waals surface area contributed by atoms with Gasteiger partial charge in [0.2, 0.25) is 0 Å². The molecule has 2 heterocycles. The van der Waals surface area contributed by atoms with Crippen molar-refractivity contribution in [3.05, 3.63) is 39.4 Å². The van der Waals surface area contributed by atoms with E-state index in [0.29, 0.717) is 6.04 Å². The van der Waals surface area contributed by atoms with E-state index < -0.39 is 0 Å². The molecule has 1 aliphatic carbocycles. The van der Waals surface area contributed by atoms with Gasteiger partial charge in [0.1, 0.15) is 0 Å². The second-order valence-electron chi connectivity index (χ2n) is 5.97. The summed E-state index contributed by atoms with van der Waals surface area (Å²) in [6.45, 7) is 2.90. The van der Waals surface area contributed by atoms with Gasteiger partial charge in [-0.2, -0.15) is 5.10 Å². The molecule has 0 radical (unpaired) electrons. The minimum absolute atomic E-state index is 0.500. The van der Waals surface area contributed by atoms with E-state index in [4.69, 9.17) is 0 Å². The molecule has 0 amide bonds. The van der Waals surface area contributed by atoms with Gasteiger partial charge in [0.05, 0.1) is 22.4 Å². The van der Waals surface area contributed by atoms with Crippen molar-refractivity contribution < 1.29 is 0 Å². The van der Waals surface area contributed by atoms with Crippen LogP contribution >= 0.6 is 15.9 Å². The number of aromatic nitrogens is 3. The summed E-state index contributed by atoms with van der Waals surface area (Å²) in [5, 5.41) is 7.94. The van der Waals surface area contributed by atoms with Gasteiger partial charge in [0, 0.05) is 25.5 Å². The first kappa shape index (κ1) is 14.9. The van der Waals surface area contributed by atoms with Crippen LogP contribution in [0.4, 0.5) is 0 Å². The Labute approximate surface area is 134 Å². The number of hydrogen-bond acceptors (Lipinski definition) is 2. The van der Waals surface area contributed by atoms with E-state index in [1.165, 1.54) is 42.5 Å². The highest BCUT2D eigenvalue weighted by Crippen LogP contribution is 2.30. The predicted octanol–water partition coefficient (Wildman–Crippen LogP) is 3.33. The van der Waals surface area contributed by atoms with Crippen LogP contribution in [0.25, 0.3) is 0 Å². The fraction of sp³-hybridized carbons (Fsp3) is 0.562. The highest BCUT2D eigenvalue weighted by Gasteiger charge is 2.20. The van der Waals surface area contributed by atoms with Gasteiger partial charge >= 0.3 is 0 Å². The second-order valence-corrected chi connectivity index (χ2v) is 6.76. The summed E-state index contributed by atoms with van der Waals surface area (Å²) in [7, 11) is 4.08. The molecule has 0 fully saturated rings. The number of rotatable bonds is 3. The topological polar surface area (TPSA) is 34.8 Å². The van der Waals surface area contributed by atoms with Crippen molar-refractivity contribution in [1.82, 2.24) is 19.7 Å². The first-order valence-electron chi connectivity index (χ1n) is 7.64. The third-order valence-corrected chi connectivity index (χ3v) is 5.54. The molecule has 2 aromatic rings. The van der Waals surface area contributed by atoms with Crippen LogP contribution in [0.5, 0.6) is 0 Å². The van der Waals surface area contributed by atoms with Crippen LogP contribution < -0.4 is 5.32 Å². The van der Waals surface area contributed by atoms with Crippen LogP contribution in [-0.2, 0) is 20.0 Å². The molecule has 2 aromatic heterocycles. The van der Waals surface area contributed by atoms with Crippen molar-refractivity contribution in [3.63, 3.8) is 0 Å². The van der Waals surface area contributed by atoms with E-state index in [9.17, 15) is 0 Å². The molecule has 0 saturated heterocycles. The van der Waals surface area contributed by atoms with Crippen LogP contribution in [-0.4, -0.2) is 21.4 Å². The predicted molar refractivity (Wildman–Crippen MR) is 88.5 cm³/mol. The van der Waals surface area contributed by atoms with Gasteiger partial charge in [0.25, 0.3) is 0 Å². The first-order valence-corrected chi connectivity index (χ1v) is 8.43. The molecule has 21 heavy (non-hydrogen) atoms. The van der Waals surface area contributed by atoms with Gasteiger partial charge in [-0.05, 0) is 60.3 Å². The summed E-state index contributed by atoms with van der Waals surface area (Å²) in [5.74, 6) is 0. The SMILES string of the molecule is CNC1CCCCc2cn(Cc3c(Br)c(C)nn3C)cc21. The number of halogens is 1. The molecular weight excluding hydrogens is 328 g/mol. The molecule has 0 aliphatic heterocycles. The van der Waals surface area contributed by atoms with Crippen molar-refractivity contribution in [3.8, 4) is 0 Å². The Balaban J connectivity index is 1.91. The van der Waals surface area contributed by atoms with Crippen molar-refractivity contribution in [1.29, 1.82) is 0 Å². The summed E-state index contributed by atoms with van der Waals surface area (Å²) in [4.78, 5) is 0. The minimum atomic E-state index is 0.500. The van der Waals surface area contributed by atoms with Gasteiger partial charge in [-0.3, -0.25) is 4.68 Å². The number of aryl methyl sites for hydroxylation is 3. The normalized spacial score (nSPS) is 18.6. The second kappa shape index (κ2) is 5.97. The molecule has 4 nitrogen and oxygen atoms in total. The Kier molecular flexibility index (Phi) is 4.22. The fourth-order valence-electron chi connectivity index (χ4n) is 3.33. The van der Waals surface area contributed by atoms with E-state index >= 15 is 0 Å². The molecule has 0 saturated carbocycles. The van der Waals surface area contributed by atoms with Crippen molar-refractivity contribution in [2.75, 3.05) is 7.05 Å². The highest BCUT2D eigenvalue weighted by atomic mass is 79.9. The summed E-state index contributed by atoms with van der Waals surface area (Å²) in [5.41, 5.74) is 5.25. The lowest BCUT2D eigenvalue weighted by molar-refractivity contribution is 0.530. The molecule has 0 spiro atoms. The molecular formula is C16H23BrN4. The number of fused-ring (bicyclic) bond motifs is 1. The van der Waals surface area contributed by atoms with Gasteiger partial charge in [-0.25, -0.2) is 0 Å². The molecule has 3 rings (SSSR count). The van der Waals surface area contributed by atoms with Crippen LogP contribution in [0.2, 0.25) is 0 Å². The summed E-state index contributed by atoms with van der Waals surface area (Å²) in [6.07, 6.45) is 9.68. The van der Waals surface area contributed by atoms with Crippen molar-refractivity contribution in [2.24, 2.45) is 7.05 Å². The zero-order valence-corrected chi connectivity index (χ0v) is 14.6. The number of hydrogen-bond donors (Lipinski definition) is 1. The maximum atomic E-state index is 4.48. The Hall–Kier alpha value is -1.07. The number of nitrogens with zero attached hydrogens (tertiary/aromatic N) is 3. The van der Waals surface area contributed by atoms with Gasteiger partial charge in [-0.1, -0.05) is 6.42 Å². The average Bonchev–Trinajstić information content (AvgIpc) is 2.89. The lowest BCUT2D eigenvalue weighted by Crippen LogP contribution is -2.15. The number of nitrogens with one attached hydrogen (secondary N) is 1. The quantitative estimate of drug-likeness (QED) is 0.861. The Morgan fingerprint density at radius 3 is 2.86 bits per heavy atom. The summed E-state index contributed by atoms with van der Waals surface area (Å²) >= 11 is 3.66. The Morgan fingerprint density at radius 1 is 1.38 bits per heavy atom. The molecule has 0 bridgehead atoms. The molecule has 114 valence electrons. The van der Waals surface area contributed by atoms with Crippen LogP contribution in [0.3, 0.4) is 0 Å². The lowest BCUT2D eigenvalue weighted by Gasteiger charge is -2.13. The standard InChI is InChI=1S/C16H23BrN4/c1-11-16(17)15(20(3)19-11)10-21-8-12-6-4-5-7-14(18-2)13(12)9-21/h8-9,14,18H,4-7,10H2,1-3H3. The summed E-state index contributed by atoms with van der Waals surface area (Å²) in [6, 6.07) is 0.500. The maximum Gasteiger partial charge on any atom is 0.0739 e. The van der Waals surface area contributed by atoms with Crippen molar-refractivity contribution in [2.45, 2.75) is 45.2 Å². The largest absolute Gasteiger partial charge is 0.348 e. The zero-order chi connectivity index (χ0) is 15.0. The maximum absolute atomic E-state index is 4.48. The van der Waals surface area contributed by atoms with Crippen LogP contribution in [0.15, 0.2) is 16.9 Å². The molecule has 1 unspecified atom stereocenters. The van der Waals surface area contributed by atoms with Gasteiger partial charge in [-0.15, -0.1) is 0 Å². The molecule has 1 atom stereocenters. The molecule has 0 aromatic carbocycles. The third-order valence-electron chi connectivity index (χ3n) is 4.50. The van der Waals surface area contributed by atoms with E-state index in [0.717, 1.165) is 16.7 Å². The van der Waals surface area contributed by atoms with Gasteiger partial charge < -0.3 is 9.88 Å². The highest BCUT2D eigenvalue weighted by molar-refractivity contribution is 9.10. The van der Waals surface area contributed by atoms with E-state index in [1.54, 1.807) is 0 Å². The molecule has 1 N–H and O–H groups in total. The van der Waals surface area contributed by atoms with E-state index in [-0.39, 0.29) is 0 Å². The molecule has 5 heteroatoms. The Bertz CT molecular complexity index is 641. The van der Waals surface area contributed by atoms with Gasteiger partial charge in [0.15, 0.2) is 0 Å². The van der Waals surface area contributed by atoms with Crippen LogP contribution in [0.1, 0.15) is 47.8 Å². The first-order chi connectivity index (χ1) is 10.1. The smallest absolute Gasteiger partial charge is 0.0739 e. The molecule has 1 aliphatic rings. The summed E-state index contributed by atoms with van der Waals surface area (Å²) < 4.78 is 5.40. The minimum Gasteiger partial charge on any atom is -0.348 e. The third kappa shape index (κ3) is 2.81. The fourth-order valence-corrected chi connectivity index (χ4v) is 3.79. The Morgan fingerprint density at radius 2 is 2.19 bits per heavy atom. The average molecular weight is 351 g/mol. The van der Waals surface area contributed by atoms with E-state index in [1.807, 2.05) is 18.7 Å². The zero-order valence-electron chi connectivity index (χ0n) is 13.0. The lowest BCUT2D eigenvalue weighted by atomic mass is 10.1. The van der Waals surface area contributed by atoms with Crippen molar-refractivity contribution >= 4 is 15.9 Å². The van der Waals surface area contributed by atoms with Crippen LogP contribution in [0, 0.1) is 6.92 Å². The van der Waals surface area contributed by atoms with E-state index in [2.05, 4.69) is 50.4 Å². The monoisotopic (exact) mass is 350 g/mol.